The molecule has 0 aliphatic rings. The zero-order valence-electron chi connectivity index (χ0n) is 9.27. The Morgan fingerprint density at radius 1 is 1.24 bits per heavy atom. The number of aromatic nitrogens is 2. The van der Waals surface area contributed by atoms with E-state index in [9.17, 15) is 4.39 Å². The molecule has 0 aliphatic carbocycles. The van der Waals surface area contributed by atoms with Crippen LogP contribution in [0.3, 0.4) is 0 Å². The van der Waals surface area contributed by atoms with E-state index in [-0.39, 0.29) is 5.82 Å². The van der Waals surface area contributed by atoms with Crippen LogP contribution < -0.4 is 4.90 Å². The van der Waals surface area contributed by atoms with Crippen molar-refractivity contribution in [2.75, 3.05) is 11.9 Å². The molecule has 0 saturated heterocycles. The third-order valence-corrected chi connectivity index (χ3v) is 2.52. The molecular weight excluding hydrogens is 241 g/mol. The van der Waals surface area contributed by atoms with E-state index in [2.05, 4.69) is 10.2 Å². The van der Waals surface area contributed by atoms with E-state index in [1.165, 1.54) is 12.1 Å². The van der Waals surface area contributed by atoms with Crippen molar-refractivity contribution in [1.29, 1.82) is 0 Å². The van der Waals surface area contributed by atoms with E-state index in [1.54, 1.807) is 18.2 Å². The number of anilines is 1. The van der Waals surface area contributed by atoms with E-state index >= 15 is 0 Å². The van der Waals surface area contributed by atoms with Crippen LogP contribution in [0.1, 0.15) is 5.56 Å². The van der Waals surface area contributed by atoms with Gasteiger partial charge in [-0.05, 0) is 29.8 Å². The molecule has 0 aliphatic heterocycles. The van der Waals surface area contributed by atoms with Gasteiger partial charge in [0.05, 0.1) is 0 Å². The predicted molar refractivity (Wildman–Crippen MR) is 65.5 cm³/mol. The van der Waals surface area contributed by atoms with Crippen LogP contribution in [0.25, 0.3) is 0 Å². The summed E-state index contributed by atoms with van der Waals surface area (Å²) in [4.78, 5) is 1.87. The van der Waals surface area contributed by atoms with Crippen LogP contribution in [0.2, 0.25) is 5.15 Å². The highest BCUT2D eigenvalue weighted by molar-refractivity contribution is 6.29. The highest BCUT2D eigenvalue weighted by Crippen LogP contribution is 2.13. The largest absolute Gasteiger partial charge is 0.354 e. The van der Waals surface area contributed by atoms with Gasteiger partial charge in [-0.2, -0.15) is 0 Å². The topological polar surface area (TPSA) is 29.0 Å². The minimum absolute atomic E-state index is 0.238. The molecule has 88 valence electrons. The molecule has 2 rings (SSSR count). The lowest BCUT2D eigenvalue weighted by Gasteiger charge is -2.17. The second-order valence-electron chi connectivity index (χ2n) is 3.70. The summed E-state index contributed by atoms with van der Waals surface area (Å²) in [6, 6.07) is 9.92. The van der Waals surface area contributed by atoms with Crippen molar-refractivity contribution in [2.45, 2.75) is 6.54 Å². The fourth-order valence-electron chi connectivity index (χ4n) is 1.50. The summed E-state index contributed by atoms with van der Waals surface area (Å²) < 4.78 is 13.0. The molecule has 0 radical (unpaired) electrons. The summed E-state index contributed by atoms with van der Waals surface area (Å²) in [6.07, 6.45) is 0. The lowest BCUT2D eigenvalue weighted by molar-refractivity contribution is 0.625. The number of benzene rings is 1. The molecular formula is C12H11ClFN3. The van der Waals surface area contributed by atoms with Crippen molar-refractivity contribution in [3.8, 4) is 0 Å². The lowest BCUT2D eigenvalue weighted by Crippen LogP contribution is -2.18. The quantitative estimate of drug-likeness (QED) is 0.840. The number of nitrogens with zero attached hydrogens (tertiary/aromatic N) is 3. The summed E-state index contributed by atoms with van der Waals surface area (Å²) in [5, 5.41) is 8.06. The Morgan fingerprint density at radius 3 is 2.71 bits per heavy atom. The van der Waals surface area contributed by atoms with E-state index < -0.39 is 0 Å². The monoisotopic (exact) mass is 251 g/mol. The van der Waals surface area contributed by atoms with Crippen molar-refractivity contribution >= 4 is 17.4 Å². The normalized spacial score (nSPS) is 10.3. The molecule has 2 aromatic rings. The van der Waals surface area contributed by atoms with Crippen molar-refractivity contribution in [3.63, 3.8) is 0 Å². The van der Waals surface area contributed by atoms with Crippen molar-refractivity contribution in [3.05, 3.63) is 52.9 Å². The lowest BCUT2D eigenvalue weighted by atomic mass is 10.2. The van der Waals surface area contributed by atoms with Gasteiger partial charge in [-0.1, -0.05) is 23.7 Å². The first-order valence-electron chi connectivity index (χ1n) is 5.10. The molecule has 0 fully saturated rings. The standard InChI is InChI=1S/C12H11ClFN3/c1-17(12-6-5-11(13)15-16-12)8-9-3-2-4-10(14)7-9/h2-7H,8H2,1H3. The fourth-order valence-corrected chi connectivity index (χ4v) is 1.60. The third kappa shape index (κ3) is 3.14. The van der Waals surface area contributed by atoms with Gasteiger partial charge < -0.3 is 4.90 Å². The smallest absolute Gasteiger partial charge is 0.151 e. The maximum atomic E-state index is 13.0. The van der Waals surface area contributed by atoms with Gasteiger partial charge in [-0.25, -0.2) is 4.39 Å². The summed E-state index contributed by atoms with van der Waals surface area (Å²) in [6.45, 7) is 0.564. The summed E-state index contributed by atoms with van der Waals surface area (Å²) in [7, 11) is 1.86. The van der Waals surface area contributed by atoms with Gasteiger partial charge in [0.2, 0.25) is 0 Å². The van der Waals surface area contributed by atoms with E-state index in [0.717, 1.165) is 5.56 Å². The Bertz CT molecular complexity index is 501. The zero-order valence-corrected chi connectivity index (χ0v) is 10.0. The molecule has 0 N–H and O–H groups in total. The third-order valence-electron chi connectivity index (χ3n) is 2.32. The van der Waals surface area contributed by atoms with Gasteiger partial charge in [0.1, 0.15) is 5.82 Å². The first-order chi connectivity index (χ1) is 8.15. The maximum Gasteiger partial charge on any atom is 0.151 e. The molecule has 1 heterocycles. The van der Waals surface area contributed by atoms with E-state index in [0.29, 0.717) is 17.5 Å². The average molecular weight is 252 g/mol. The van der Waals surface area contributed by atoms with E-state index in [4.69, 9.17) is 11.6 Å². The Labute approximate surface area is 104 Å². The van der Waals surface area contributed by atoms with Crippen LogP contribution in [0.15, 0.2) is 36.4 Å². The van der Waals surface area contributed by atoms with Crippen LogP contribution in [-0.4, -0.2) is 17.2 Å². The molecule has 0 spiro atoms. The second kappa shape index (κ2) is 5.10. The zero-order chi connectivity index (χ0) is 12.3. The molecule has 3 nitrogen and oxygen atoms in total. The summed E-state index contributed by atoms with van der Waals surface area (Å²) in [5.41, 5.74) is 0.879. The maximum absolute atomic E-state index is 13.0. The Hall–Kier alpha value is -1.68. The molecule has 5 heteroatoms. The molecule has 0 bridgehead atoms. The number of hydrogen-bond acceptors (Lipinski definition) is 3. The number of halogens is 2. The highest BCUT2D eigenvalue weighted by atomic mass is 35.5. The first kappa shape index (κ1) is 11.8. The van der Waals surface area contributed by atoms with Crippen molar-refractivity contribution < 1.29 is 4.39 Å². The minimum atomic E-state index is -0.238. The summed E-state index contributed by atoms with van der Waals surface area (Å²) >= 11 is 5.66. The van der Waals surface area contributed by atoms with Crippen LogP contribution in [0, 0.1) is 5.82 Å². The molecule has 0 unspecified atom stereocenters. The SMILES string of the molecule is CN(Cc1cccc(F)c1)c1ccc(Cl)nn1. The molecule has 0 amide bonds. The number of hydrogen-bond donors (Lipinski definition) is 0. The number of rotatable bonds is 3. The van der Waals surface area contributed by atoms with Crippen molar-refractivity contribution in [2.24, 2.45) is 0 Å². The predicted octanol–water partition coefficient (Wildman–Crippen LogP) is 2.91. The molecule has 1 aromatic heterocycles. The molecule has 17 heavy (non-hydrogen) atoms. The van der Waals surface area contributed by atoms with Crippen molar-refractivity contribution in [1.82, 2.24) is 10.2 Å². The minimum Gasteiger partial charge on any atom is -0.354 e. The Balaban J connectivity index is 2.11. The second-order valence-corrected chi connectivity index (χ2v) is 4.09. The Morgan fingerprint density at radius 2 is 2.06 bits per heavy atom. The van der Waals surface area contributed by atoms with Gasteiger partial charge in [0.25, 0.3) is 0 Å². The van der Waals surface area contributed by atoms with Gasteiger partial charge in [0, 0.05) is 13.6 Å². The first-order valence-corrected chi connectivity index (χ1v) is 5.48. The van der Waals surface area contributed by atoms with Gasteiger partial charge in [-0.3, -0.25) is 0 Å². The van der Waals surface area contributed by atoms with E-state index in [1.807, 2.05) is 18.0 Å². The van der Waals surface area contributed by atoms with Crippen LogP contribution in [-0.2, 0) is 6.54 Å². The highest BCUT2D eigenvalue weighted by Gasteiger charge is 2.04. The van der Waals surface area contributed by atoms with Crippen LogP contribution in [0.4, 0.5) is 10.2 Å². The van der Waals surface area contributed by atoms with Gasteiger partial charge in [0.15, 0.2) is 11.0 Å². The Kier molecular flexibility index (Phi) is 3.54. The molecule has 0 saturated carbocycles. The fraction of sp³-hybridized carbons (Fsp3) is 0.167. The average Bonchev–Trinajstić information content (AvgIpc) is 2.29. The van der Waals surface area contributed by atoms with Crippen LogP contribution in [0.5, 0.6) is 0 Å². The molecule has 1 aromatic carbocycles. The molecule has 0 atom stereocenters. The van der Waals surface area contributed by atoms with Gasteiger partial charge in [-0.15, -0.1) is 10.2 Å². The summed E-state index contributed by atoms with van der Waals surface area (Å²) in [5.74, 6) is 0.455. The van der Waals surface area contributed by atoms with Gasteiger partial charge >= 0.3 is 0 Å². The van der Waals surface area contributed by atoms with Crippen LogP contribution >= 0.6 is 11.6 Å².